The first kappa shape index (κ1) is 17.1. The van der Waals surface area contributed by atoms with Crippen LogP contribution in [-0.2, 0) is 14.3 Å². The number of carbonyl (C=O) groups is 2. The molecule has 6 nitrogen and oxygen atoms in total. The van der Waals surface area contributed by atoms with Gasteiger partial charge in [0.2, 0.25) is 0 Å². The van der Waals surface area contributed by atoms with E-state index in [0.29, 0.717) is 6.04 Å². The minimum absolute atomic E-state index is 0.00329. The molecule has 2 fully saturated rings. The van der Waals surface area contributed by atoms with Crippen molar-refractivity contribution in [2.75, 3.05) is 19.8 Å². The lowest BCUT2D eigenvalue weighted by molar-refractivity contribution is -0.131. The second kappa shape index (κ2) is 6.87. The number of ketones is 1. The van der Waals surface area contributed by atoms with E-state index in [-0.39, 0.29) is 30.0 Å². The summed E-state index contributed by atoms with van der Waals surface area (Å²) in [7, 11) is 0. The number of hydrogen-bond acceptors (Lipinski definition) is 4. The molecule has 2 aliphatic rings. The molecule has 2 saturated heterocycles. The molecular weight excluding hydrogens is 282 g/mol. The molecule has 0 aromatic carbocycles. The predicted molar refractivity (Wildman–Crippen MR) is 84.7 cm³/mol. The largest absolute Gasteiger partial charge is 0.387 e. The molecule has 1 atom stereocenters. The second-order valence-corrected chi connectivity index (χ2v) is 7.18. The third kappa shape index (κ3) is 4.14. The van der Waals surface area contributed by atoms with E-state index in [1.165, 1.54) is 0 Å². The molecule has 124 valence electrons. The van der Waals surface area contributed by atoms with E-state index in [2.05, 4.69) is 9.89 Å². The number of ether oxygens (including phenoxy) is 1. The van der Waals surface area contributed by atoms with Crippen molar-refractivity contribution in [3.63, 3.8) is 0 Å². The number of likely N-dealkylation sites (tertiary alicyclic amines) is 1. The van der Waals surface area contributed by atoms with Gasteiger partial charge >= 0.3 is 0 Å². The molecular formula is C16H27N3O3. The molecule has 0 saturated carbocycles. The maximum Gasteiger partial charge on any atom is 0.264 e. The molecule has 1 amide bonds. The maximum atomic E-state index is 12.3. The molecule has 22 heavy (non-hydrogen) atoms. The Hall–Kier alpha value is -1.27. The average molecular weight is 309 g/mol. The third-order valence-corrected chi connectivity index (χ3v) is 4.44. The first-order valence-electron chi connectivity index (χ1n) is 8.02. The summed E-state index contributed by atoms with van der Waals surface area (Å²) in [6.45, 7) is 7.95. The Morgan fingerprint density at radius 2 is 1.86 bits per heavy atom. The summed E-state index contributed by atoms with van der Waals surface area (Å²) in [6, 6.07) is 0.232. The number of Topliss-reactive ketones (excluding diaryl/α,β-unsaturated/α-hetero) is 1. The highest BCUT2D eigenvalue weighted by Crippen LogP contribution is 2.27. The van der Waals surface area contributed by atoms with Gasteiger partial charge in [0.05, 0.1) is 12.5 Å². The van der Waals surface area contributed by atoms with Gasteiger partial charge in [0.1, 0.15) is 11.6 Å². The lowest BCUT2D eigenvalue weighted by atomic mass is 9.89. The molecule has 0 aromatic rings. The van der Waals surface area contributed by atoms with Crippen LogP contribution in [0.25, 0.3) is 0 Å². The van der Waals surface area contributed by atoms with Crippen molar-refractivity contribution >= 4 is 17.5 Å². The monoisotopic (exact) mass is 309 g/mol. The molecule has 2 rings (SSSR count). The number of hydrogen-bond donors (Lipinski definition) is 1. The van der Waals surface area contributed by atoms with Crippen LogP contribution in [0.2, 0.25) is 0 Å². The molecule has 0 spiro atoms. The molecule has 0 radical (unpaired) electrons. The Labute approximate surface area is 132 Å². The fourth-order valence-corrected chi connectivity index (χ4v) is 2.81. The van der Waals surface area contributed by atoms with Gasteiger partial charge in [-0.15, -0.1) is 0 Å². The number of amidine groups is 1. The highest BCUT2D eigenvalue weighted by molar-refractivity contribution is 6.06. The van der Waals surface area contributed by atoms with Crippen LogP contribution < -0.4 is 5.73 Å². The molecule has 2 N–H and O–H groups in total. The highest BCUT2D eigenvalue weighted by atomic mass is 16.5. The minimum Gasteiger partial charge on any atom is -0.387 e. The summed E-state index contributed by atoms with van der Waals surface area (Å²) in [5, 5.41) is 0. The Morgan fingerprint density at radius 1 is 1.23 bits per heavy atom. The van der Waals surface area contributed by atoms with Crippen molar-refractivity contribution in [2.24, 2.45) is 16.1 Å². The zero-order chi connectivity index (χ0) is 16.3. The van der Waals surface area contributed by atoms with Crippen LogP contribution in [0.1, 0.15) is 46.5 Å². The van der Waals surface area contributed by atoms with E-state index < -0.39 is 5.41 Å². The van der Waals surface area contributed by atoms with Crippen LogP contribution in [0, 0.1) is 5.41 Å². The third-order valence-electron chi connectivity index (χ3n) is 4.44. The fourth-order valence-electron chi connectivity index (χ4n) is 2.81. The van der Waals surface area contributed by atoms with E-state index in [0.717, 1.165) is 39.0 Å². The van der Waals surface area contributed by atoms with Crippen molar-refractivity contribution in [3.8, 4) is 0 Å². The lowest BCUT2D eigenvalue weighted by Crippen LogP contribution is -2.57. The van der Waals surface area contributed by atoms with Crippen LogP contribution in [0.5, 0.6) is 0 Å². The summed E-state index contributed by atoms with van der Waals surface area (Å²) >= 11 is 0. The number of amides is 1. The van der Waals surface area contributed by atoms with Crippen molar-refractivity contribution in [3.05, 3.63) is 0 Å². The first-order valence-corrected chi connectivity index (χ1v) is 8.02. The smallest absolute Gasteiger partial charge is 0.264 e. The zero-order valence-corrected chi connectivity index (χ0v) is 13.8. The molecule has 0 aliphatic carbocycles. The summed E-state index contributed by atoms with van der Waals surface area (Å²) in [5.74, 6) is -0.0860. The Morgan fingerprint density at radius 3 is 2.36 bits per heavy atom. The standard InChI is InChI=1S/C16H27N3O3/c1-16(2,3)13(20)10-14(17)18-15(21)12-4-7-19(12)11-5-8-22-9-6-11/h11-12H,4-10H2,1-3H3,(H2,17,18,21). The van der Waals surface area contributed by atoms with E-state index in [9.17, 15) is 9.59 Å². The lowest BCUT2D eigenvalue weighted by Gasteiger charge is -2.45. The summed E-state index contributed by atoms with van der Waals surface area (Å²) < 4.78 is 5.36. The molecule has 0 bridgehead atoms. The predicted octanol–water partition coefficient (Wildman–Crippen LogP) is 1.13. The van der Waals surface area contributed by atoms with Crippen LogP contribution in [0.15, 0.2) is 4.99 Å². The van der Waals surface area contributed by atoms with Crippen LogP contribution >= 0.6 is 0 Å². The summed E-state index contributed by atoms with van der Waals surface area (Å²) in [5.41, 5.74) is 5.32. The van der Waals surface area contributed by atoms with Gasteiger partial charge in [0.15, 0.2) is 0 Å². The SMILES string of the molecule is CC(C)(C)C(=O)CC(N)=NC(=O)C1CCN1C1CCOCC1. The molecule has 0 aromatic heterocycles. The Balaban J connectivity index is 1.90. The summed E-state index contributed by atoms with van der Waals surface area (Å²) in [6.07, 6.45) is 2.79. The van der Waals surface area contributed by atoms with Crippen LogP contribution in [-0.4, -0.2) is 54.3 Å². The molecule has 2 aliphatic heterocycles. The zero-order valence-electron chi connectivity index (χ0n) is 13.8. The molecule has 2 heterocycles. The molecule has 6 heteroatoms. The fraction of sp³-hybridized carbons (Fsp3) is 0.812. The topological polar surface area (TPSA) is 85.0 Å². The van der Waals surface area contributed by atoms with Gasteiger partial charge in [0.25, 0.3) is 5.91 Å². The van der Waals surface area contributed by atoms with Gasteiger partial charge < -0.3 is 10.5 Å². The van der Waals surface area contributed by atoms with E-state index in [1.54, 1.807) is 0 Å². The number of nitrogens with two attached hydrogens (primary N) is 1. The number of rotatable bonds is 4. The van der Waals surface area contributed by atoms with E-state index in [1.807, 2.05) is 20.8 Å². The van der Waals surface area contributed by atoms with Crippen LogP contribution in [0.3, 0.4) is 0 Å². The van der Waals surface area contributed by atoms with Crippen LogP contribution in [0.4, 0.5) is 0 Å². The number of carbonyl (C=O) groups excluding carboxylic acids is 2. The summed E-state index contributed by atoms with van der Waals surface area (Å²) in [4.78, 5) is 30.4. The maximum absolute atomic E-state index is 12.3. The van der Waals surface area contributed by atoms with Gasteiger partial charge in [-0.05, 0) is 19.3 Å². The normalized spacial score (nSPS) is 24.9. The van der Waals surface area contributed by atoms with Gasteiger partial charge in [-0.25, -0.2) is 0 Å². The quantitative estimate of drug-likeness (QED) is 0.621. The number of aliphatic imine (C=N–C) groups is 1. The highest BCUT2D eigenvalue weighted by Gasteiger charge is 2.39. The van der Waals surface area contributed by atoms with Crippen molar-refractivity contribution in [1.82, 2.24) is 4.90 Å². The van der Waals surface area contributed by atoms with Gasteiger partial charge in [-0.2, -0.15) is 4.99 Å². The average Bonchev–Trinajstić information content (AvgIpc) is 2.37. The Kier molecular flexibility index (Phi) is 5.34. The molecule has 1 unspecified atom stereocenters. The van der Waals surface area contributed by atoms with Crippen molar-refractivity contribution < 1.29 is 14.3 Å². The van der Waals surface area contributed by atoms with Crippen molar-refractivity contribution in [1.29, 1.82) is 0 Å². The van der Waals surface area contributed by atoms with Gasteiger partial charge in [-0.3, -0.25) is 14.5 Å². The van der Waals surface area contributed by atoms with Gasteiger partial charge in [0, 0.05) is 31.2 Å². The minimum atomic E-state index is -0.464. The van der Waals surface area contributed by atoms with Crippen molar-refractivity contribution in [2.45, 2.75) is 58.5 Å². The van der Waals surface area contributed by atoms with Gasteiger partial charge in [-0.1, -0.05) is 20.8 Å². The number of nitrogens with zero attached hydrogens (tertiary/aromatic N) is 2. The second-order valence-electron chi connectivity index (χ2n) is 7.18. The van der Waals surface area contributed by atoms with E-state index >= 15 is 0 Å². The Bertz CT molecular complexity index is 462. The van der Waals surface area contributed by atoms with E-state index in [4.69, 9.17) is 10.5 Å². The first-order chi connectivity index (χ1) is 10.3.